The summed E-state index contributed by atoms with van der Waals surface area (Å²) < 4.78 is 43.1. The molecule has 7 heteroatoms. The van der Waals surface area contributed by atoms with Crippen LogP contribution >= 0.6 is 0 Å². The Labute approximate surface area is 178 Å². The van der Waals surface area contributed by atoms with E-state index in [4.69, 9.17) is 14.2 Å². The van der Waals surface area contributed by atoms with E-state index in [1.807, 2.05) is 60.7 Å². The Morgan fingerprint density at radius 3 is 2.10 bits per heavy atom. The minimum Gasteiger partial charge on any atom is -0.387 e. The van der Waals surface area contributed by atoms with Gasteiger partial charge in [-0.25, -0.2) is 8.42 Å². The highest BCUT2D eigenvalue weighted by molar-refractivity contribution is 7.92. The number of aliphatic hydroxyl groups excluding tert-OH is 1. The van der Waals surface area contributed by atoms with Crippen molar-refractivity contribution >= 4 is 9.84 Å². The predicted octanol–water partition coefficient (Wildman–Crippen LogP) is 2.87. The Morgan fingerprint density at radius 1 is 1.03 bits per heavy atom. The quantitative estimate of drug-likeness (QED) is 0.614. The third-order valence-electron chi connectivity index (χ3n) is 4.80. The lowest BCUT2D eigenvalue weighted by atomic mass is 10.1. The maximum Gasteiger partial charge on any atom is 0.187 e. The largest absolute Gasteiger partial charge is 0.387 e. The van der Waals surface area contributed by atoms with E-state index in [2.05, 4.69) is 6.58 Å². The fraction of sp³-hybridized carbons (Fsp3) is 0.391. The van der Waals surface area contributed by atoms with E-state index in [0.29, 0.717) is 5.57 Å². The van der Waals surface area contributed by atoms with Gasteiger partial charge >= 0.3 is 0 Å². The van der Waals surface area contributed by atoms with Gasteiger partial charge in [0.25, 0.3) is 0 Å². The van der Waals surface area contributed by atoms with Gasteiger partial charge < -0.3 is 19.3 Å². The summed E-state index contributed by atoms with van der Waals surface area (Å²) in [6.07, 6.45) is -2.94. The summed E-state index contributed by atoms with van der Waals surface area (Å²) in [5, 5.41) is 10.9. The summed E-state index contributed by atoms with van der Waals surface area (Å²) >= 11 is 0. The van der Waals surface area contributed by atoms with Gasteiger partial charge in [-0.1, -0.05) is 72.8 Å². The molecule has 162 valence electrons. The number of sulfone groups is 1. The van der Waals surface area contributed by atoms with Crippen molar-refractivity contribution in [3.8, 4) is 0 Å². The standard InChI is InChI=1S/C23H28O6S/c1-17(2)16-30(25,26)23-22(28-14-19-11-7-4-8-12-19)21(24)20(15-29-23)27-13-18-9-5-3-6-10-18/h3-12,20-24H,1,13-16H2,2H3/t20-,21-,22+,23?/m1/s1. The van der Waals surface area contributed by atoms with Crippen molar-refractivity contribution in [2.45, 2.75) is 43.9 Å². The third-order valence-corrected chi connectivity index (χ3v) is 6.81. The molecular formula is C23H28O6S. The van der Waals surface area contributed by atoms with Crippen LogP contribution in [0.5, 0.6) is 0 Å². The number of hydrogen-bond donors (Lipinski definition) is 1. The van der Waals surface area contributed by atoms with Crippen LogP contribution in [0.4, 0.5) is 0 Å². The van der Waals surface area contributed by atoms with Gasteiger partial charge in [-0.2, -0.15) is 0 Å². The fourth-order valence-electron chi connectivity index (χ4n) is 3.36. The zero-order valence-electron chi connectivity index (χ0n) is 17.0. The van der Waals surface area contributed by atoms with Crippen LogP contribution in [0.1, 0.15) is 18.1 Å². The molecule has 0 radical (unpaired) electrons. The molecule has 3 rings (SSSR count). The summed E-state index contributed by atoms with van der Waals surface area (Å²) in [4.78, 5) is 0. The Hall–Kier alpha value is -2.03. The first-order valence-corrected chi connectivity index (χ1v) is 11.5. The van der Waals surface area contributed by atoms with E-state index in [0.717, 1.165) is 11.1 Å². The average Bonchev–Trinajstić information content (AvgIpc) is 2.72. The van der Waals surface area contributed by atoms with Crippen molar-refractivity contribution in [2.75, 3.05) is 12.4 Å². The van der Waals surface area contributed by atoms with Crippen molar-refractivity contribution in [3.05, 3.63) is 83.9 Å². The summed E-state index contributed by atoms with van der Waals surface area (Å²) in [6, 6.07) is 18.9. The molecule has 0 aliphatic carbocycles. The molecule has 1 N–H and O–H groups in total. The van der Waals surface area contributed by atoms with Gasteiger partial charge in [0.2, 0.25) is 0 Å². The molecule has 6 nitrogen and oxygen atoms in total. The maximum absolute atomic E-state index is 12.8. The fourth-order valence-corrected chi connectivity index (χ4v) is 5.14. The Bertz CT molecular complexity index is 913. The molecular weight excluding hydrogens is 404 g/mol. The minimum atomic E-state index is -3.72. The topological polar surface area (TPSA) is 82.1 Å². The van der Waals surface area contributed by atoms with Crippen LogP contribution < -0.4 is 0 Å². The SMILES string of the molecule is C=C(C)CS(=O)(=O)C1OC[C@@H](OCc2ccccc2)[C@@H](O)[C@@H]1OCc1ccccc1. The second-order valence-electron chi connectivity index (χ2n) is 7.55. The molecule has 0 saturated carbocycles. The van der Waals surface area contributed by atoms with Crippen molar-refractivity contribution in [3.63, 3.8) is 0 Å². The average molecular weight is 433 g/mol. The van der Waals surface area contributed by atoms with Gasteiger partial charge in [0.05, 0.1) is 25.6 Å². The molecule has 1 aliphatic heterocycles. The van der Waals surface area contributed by atoms with Crippen LogP contribution in [-0.4, -0.2) is 49.6 Å². The van der Waals surface area contributed by atoms with Crippen LogP contribution in [0.3, 0.4) is 0 Å². The molecule has 4 atom stereocenters. The van der Waals surface area contributed by atoms with Crippen LogP contribution in [0, 0.1) is 0 Å². The van der Waals surface area contributed by atoms with Crippen molar-refractivity contribution < 1.29 is 27.7 Å². The molecule has 0 amide bonds. The lowest BCUT2D eigenvalue weighted by Crippen LogP contribution is -2.57. The molecule has 1 aliphatic rings. The predicted molar refractivity (Wildman–Crippen MR) is 114 cm³/mol. The molecule has 2 aromatic carbocycles. The smallest absolute Gasteiger partial charge is 0.187 e. The van der Waals surface area contributed by atoms with E-state index in [1.54, 1.807) is 6.92 Å². The van der Waals surface area contributed by atoms with Gasteiger partial charge in [-0.3, -0.25) is 0 Å². The van der Waals surface area contributed by atoms with Crippen molar-refractivity contribution in [2.24, 2.45) is 0 Å². The molecule has 0 spiro atoms. The molecule has 1 heterocycles. The molecule has 30 heavy (non-hydrogen) atoms. The first-order chi connectivity index (χ1) is 14.4. The summed E-state index contributed by atoms with van der Waals surface area (Å²) in [7, 11) is -3.72. The molecule has 0 aromatic heterocycles. The number of hydrogen-bond acceptors (Lipinski definition) is 6. The molecule has 1 saturated heterocycles. The van der Waals surface area contributed by atoms with Gasteiger partial charge in [-0.15, -0.1) is 0 Å². The summed E-state index contributed by atoms with van der Waals surface area (Å²) in [5.74, 6) is -0.231. The van der Waals surface area contributed by atoms with Crippen LogP contribution in [0.2, 0.25) is 0 Å². The number of rotatable bonds is 9. The van der Waals surface area contributed by atoms with E-state index in [9.17, 15) is 13.5 Å². The van der Waals surface area contributed by atoms with Gasteiger partial charge in [0, 0.05) is 0 Å². The van der Waals surface area contributed by atoms with E-state index in [-0.39, 0.29) is 25.6 Å². The first kappa shape index (κ1) is 22.7. The third kappa shape index (κ3) is 6.00. The zero-order chi connectivity index (χ0) is 21.6. The monoisotopic (exact) mass is 432 g/mol. The highest BCUT2D eigenvalue weighted by Crippen LogP contribution is 2.27. The highest BCUT2D eigenvalue weighted by Gasteiger charge is 2.47. The van der Waals surface area contributed by atoms with E-state index >= 15 is 0 Å². The summed E-state index contributed by atoms with van der Waals surface area (Å²) in [6.45, 7) is 5.71. The van der Waals surface area contributed by atoms with Gasteiger partial charge in [0.15, 0.2) is 15.3 Å². The Balaban J connectivity index is 1.74. The second-order valence-corrected chi connectivity index (χ2v) is 9.63. The lowest BCUT2D eigenvalue weighted by Gasteiger charge is -2.39. The first-order valence-electron chi connectivity index (χ1n) is 9.83. The van der Waals surface area contributed by atoms with E-state index in [1.165, 1.54) is 0 Å². The summed E-state index contributed by atoms with van der Waals surface area (Å²) in [5.41, 5.74) is 1.03. The number of aliphatic hydroxyl groups is 1. The molecule has 2 aromatic rings. The van der Waals surface area contributed by atoms with Crippen LogP contribution in [0.15, 0.2) is 72.8 Å². The van der Waals surface area contributed by atoms with Gasteiger partial charge in [-0.05, 0) is 18.1 Å². The van der Waals surface area contributed by atoms with Gasteiger partial charge in [0.1, 0.15) is 18.3 Å². The van der Waals surface area contributed by atoms with Crippen LogP contribution in [-0.2, 0) is 37.3 Å². The number of ether oxygens (including phenoxy) is 3. The normalized spacial score (nSPS) is 24.5. The van der Waals surface area contributed by atoms with E-state index < -0.39 is 33.6 Å². The molecule has 1 fully saturated rings. The maximum atomic E-state index is 12.8. The molecule has 0 bridgehead atoms. The van der Waals surface area contributed by atoms with Crippen LogP contribution in [0.25, 0.3) is 0 Å². The zero-order valence-corrected chi connectivity index (χ0v) is 17.8. The minimum absolute atomic E-state index is 0.0424. The Kier molecular flexibility index (Phi) is 7.80. The van der Waals surface area contributed by atoms with Crippen molar-refractivity contribution in [1.29, 1.82) is 0 Å². The Morgan fingerprint density at radius 2 is 1.57 bits per heavy atom. The molecule has 1 unspecified atom stereocenters. The van der Waals surface area contributed by atoms with Crippen molar-refractivity contribution in [1.82, 2.24) is 0 Å². The second kappa shape index (κ2) is 10.3. The number of benzene rings is 2. The lowest BCUT2D eigenvalue weighted by molar-refractivity contribution is -0.202. The highest BCUT2D eigenvalue weighted by atomic mass is 32.2.